The van der Waals surface area contributed by atoms with Crippen LogP contribution in [0.25, 0.3) is 0 Å². The van der Waals surface area contributed by atoms with Gasteiger partial charge < -0.3 is 19.1 Å². The van der Waals surface area contributed by atoms with Crippen molar-refractivity contribution in [2.24, 2.45) is 5.92 Å². The molecule has 1 aromatic carbocycles. The standard InChI is InChI=1S/C15H23NO4/c1-10(2)9-16(3)15(17)11-7-8-12(18-4)14(20-6)13(11)19-5/h7-8,10H,9H2,1-6H3. The first-order chi connectivity index (χ1) is 9.46. The van der Waals surface area contributed by atoms with Crippen LogP contribution in [0.4, 0.5) is 0 Å². The van der Waals surface area contributed by atoms with E-state index in [1.165, 1.54) is 14.2 Å². The number of methoxy groups -OCH3 is 3. The summed E-state index contributed by atoms with van der Waals surface area (Å²) in [6.07, 6.45) is 0. The lowest BCUT2D eigenvalue weighted by atomic mass is 10.1. The number of carbonyl (C=O) groups is 1. The lowest BCUT2D eigenvalue weighted by Crippen LogP contribution is -2.30. The second kappa shape index (κ2) is 7.03. The summed E-state index contributed by atoms with van der Waals surface area (Å²) in [6.45, 7) is 4.81. The Bertz CT molecular complexity index is 471. The SMILES string of the molecule is COc1ccc(C(=O)N(C)CC(C)C)c(OC)c1OC. The molecule has 0 fully saturated rings. The zero-order valence-corrected chi connectivity index (χ0v) is 13.0. The molecule has 1 rings (SSSR count). The van der Waals surface area contributed by atoms with E-state index in [9.17, 15) is 4.79 Å². The maximum Gasteiger partial charge on any atom is 0.257 e. The molecular weight excluding hydrogens is 258 g/mol. The van der Waals surface area contributed by atoms with Gasteiger partial charge in [-0.3, -0.25) is 4.79 Å². The van der Waals surface area contributed by atoms with E-state index in [4.69, 9.17) is 14.2 Å². The van der Waals surface area contributed by atoms with Gasteiger partial charge in [0, 0.05) is 13.6 Å². The van der Waals surface area contributed by atoms with Crippen molar-refractivity contribution in [2.45, 2.75) is 13.8 Å². The van der Waals surface area contributed by atoms with E-state index >= 15 is 0 Å². The van der Waals surface area contributed by atoms with Crippen molar-refractivity contribution in [1.29, 1.82) is 0 Å². The van der Waals surface area contributed by atoms with Gasteiger partial charge in [-0.25, -0.2) is 0 Å². The average molecular weight is 281 g/mol. The highest BCUT2D eigenvalue weighted by Gasteiger charge is 2.23. The molecule has 0 unspecified atom stereocenters. The lowest BCUT2D eigenvalue weighted by Gasteiger charge is -2.22. The minimum atomic E-state index is -0.100. The molecule has 0 aromatic heterocycles. The lowest BCUT2D eigenvalue weighted by molar-refractivity contribution is 0.0775. The molecule has 1 amide bonds. The van der Waals surface area contributed by atoms with Crippen LogP contribution in [0.15, 0.2) is 12.1 Å². The third-order valence-corrected chi connectivity index (χ3v) is 2.92. The van der Waals surface area contributed by atoms with Gasteiger partial charge in [0.1, 0.15) is 0 Å². The van der Waals surface area contributed by atoms with Crippen LogP contribution < -0.4 is 14.2 Å². The first-order valence-corrected chi connectivity index (χ1v) is 6.50. The molecule has 0 bridgehead atoms. The Morgan fingerprint density at radius 1 is 1.10 bits per heavy atom. The van der Waals surface area contributed by atoms with Gasteiger partial charge in [0.05, 0.1) is 26.9 Å². The van der Waals surface area contributed by atoms with Gasteiger partial charge in [-0.2, -0.15) is 0 Å². The summed E-state index contributed by atoms with van der Waals surface area (Å²) in [6, 6.07) is 3.40. The van der Waals surface area contributed by atoms with Crippen molar-refractivity contribution in [2.75, 3.05) is 34.9 Å². The summed E-state index contributed by atoms with van der Waals surface area (Å²) in [7, 11) is 6.35. The Kier molecular flexibility index (Phi) is 5.67. The number of ether oxygens (including phenoxy) is 3. The number of hydrogen-bond acceptors (Lipinski definition) is 4. The van der Waals surface area contributed by atoms with E-state index in [1.807, 2.05) is 0 Å². The molecule has 1 aromatic rings. The summed E-state index contributed by atoms with van der Waals surface area (Å²) in [4.78, 5) is 14.2. The van der Waals surface area contributed by atoms with E-state index in [-0.39, 0.29) is 5.91 Å². The Hall–Kier alpha value is -1.91. The summed E-state index contributed by atoms with van der Waals surface area (Å²) < 4.78 is 15.8. The molecule has 5 heteroatoms. The fraction of sp³-hybridized carbons (Fsp3) is 0.533. The molecule has 0 aliphatic rings. The summed E-state index contributed by atoms with van der Waals surface area (Å²) in [5, 5.41) is 0. The van der Waals surface area contributed by atoms with Crippen LogP contribution >= 0.6 is 0 Å². The largest absolute Gasteiger partial charge is 0.493 e. The van der Waals surface area contributed by atoms with Crippen LogP contribution in [-0.4, -0.2) is 45.7 Å². The molecule has 0 radical (unpaired) electrons. The van der Waals surface area contributed by atoms with Crippen molar-refractivity contribution < 1.29 is 19.0 Å². The number of benzene rings is 1. The quantitative estimate of drug-likeness (QED) is 0.803. The molecule has 0 spiro atoms. The van der Waals surface area contributed by atoms with Gasteiger partial charge in [-0.15, -0.1) is 0 Å². The van der Waals surface area contributed by atoms with Crippen LogP contribution in [0.5, 0.6) is 17.2 Å². The van der Waals surface area contributed by atoms with Gasteiger partial charge in [-0.05, 0) is 18.1 Å². The number of amides is 1. The summed E-state index contributed by atoms with van der Waals surface area (Å²) in [5.74, 6) is 1.66. The number of rotatable bonds is 6. The smallest absolute Gasteiger partial charge is 0.257 e. The van der Waals surface area contributed by atoms with Crippen molar-refractivity contribution in [3.63, 3.8) is 0 Å². The second-order valence-electron chi connectivity index (χ2n) is 4.96. The molecule has 5 nitrogen and oxygen atoms in total. The molecule has 0 aliphatic heterocycles. The minimum absolute atomic E-state index is 0.100. The van der Waals surface area contributed by atoms with Gasteiger partial charge >= 0.3 is 0 Å². The predicted molar refractivity (Wildman–Crippen MR) is 77.9 cm³/mol. The van der Waals surface area contributed by atoms with E-state index in [0.717, 1.165) is 0 Å². The van der Waals surface area contributed by atoms with Crippen molar-refractivity contribution in [3.05, 3.63) is 17.7 Å². The fourth-order valence-electron chi connectivity index (χ4n) is 2.11. The first-order valence-electron chi connectivity index (χ1n) is 6.50. The summed E-state index contributed by atoms with van der Waals surface area (Å²) >= 11 is 0. The van der Waals surface area contributed by atoms with Gasteiger partial charge in [-0.1, -0.05) is 13.8 Å². The molecular formula is C15H23NO4. The first kappa shape index (κ1) is 16.1. The number of carbonyl (C=O) groups excluding carboxylic acids is 1. The normalized spacial score (nSPS) is 10.3. The highest BCUT2D eigenvalue weighted by atomic mass is 16.5. The molecule has 0 heterocycles. The molecule has 0 aliphatic carbocycles. The highest BCUT2D eigenvalue weighted by molar-refractivity contribution is 5.98. The number of hydrogen-bond donors (Lipinski definition) is 0. The summed E-state index contributed by atoms with van der Waals surface area (Å²) in [5.41, 5.74) is 0.466. The maximum atomic E-state index is 12.5. The molecule has 0 atom stereocenters. The maximum absolute atomic E-state index is 12.5. The zero-order valence-electron chi connectivity index (χ0n) is 13.0. The topological polar surface area (TPSA) is 48.0 Å². The second-order valence-corrected chi connectivity index (χ2v) is 4.96. The Balaban J connectivity index is 3.21. The van der Waals surface area contributed by atoms with E-state index < -0.39 is 0 Å². The highest BCUT2D eigenvalue weighted by Crippen LogP contribution is 2.40. The van der Waals surface area contributed by atoms with Crippen LogP contribution in [-0.2, 0) is 0 Å². The minimum Gasteiger partial charge on any atom is -0.493 e. The van der Waals surface area contributed by atoms with Crippen LogP contribution in [0.2, 0.25) is 0 Å². The van der Waals surface area contributed by atoms with E-state index in [0.29, 0.717) is 35.3 Å². The van der Waals surface area contributed by atoms with E-state index in [1.54, 1.807) is 31.2 Å². The predicted octanol–water partition coefficient (Wildman–Crippen LogP) is 2.44. The van der Waals surface area contributed by atoms with Crippen LogP contribution in [0.1, 0.15) is 24.2 Å². The van der Waals surface area contributed by atoms with Gasteiger partial charge in [0.2, 0.25) is 5.75 Å². The Labute approximate surface area is 120 Å². The molecule has 20 heavy (non-hydrogen) atoms. The zero-order chi connectivity index (χ0) is 15.3. The Morgan fingerprint density at radius 2 is 1.70 bits per heavy atom. The molecule has 0 N–H and O–H groups in total. The fourth-order valence-corrected chi connectivity index (χ4v) is 2.11. The molecule has 112 valence electrons. The van der Waals surface area contributed by atoms with Crippen molar-refractivity contribution in [3.8, 4) is 17.2 Å². The van der Waals surface area contributed by atoms with Crippen LogP contribution in [0, 0.1) is 5.92 Å². The van der Waals surface area contributed by atoms with E-state index in [2.05, 4.69) is 13.8 Å². The van der Waals surface area contributed by atoms with Crippen molar-refractivity contribution >= 4 is 5.91 Å². The Morgan fingerprint density at radius 3 is 2.15 bits per heavy atom. The third-order valence-electron chi connectivity index (χ3n) is 2.92. The monoisotopic (exact) mass is 281 g/mol. The number of nitrogens with zero attached hydrogens (tertiary/aromatic N) is 1. The molecule has 0 saturated heterocycles. The van der Waals surface area contributed by atoms with Gasteiger partial charge in [0.25, 0.3) is 5.91 Å². The average Bonchev–Trinajstić information content (AvgIpc) is 2.43. The van der Waals surface area contributed by atoms with Crippen LogP contribution in [0.3, 0.4) is 0 Å². The van der Waals surface area contributed by atoms with Gasteiger partial charge in [0.15, 0.2) is 11.5 Å². The van der Waals surface area contributed by atoms with Crippen molar-refractivity contribution in [1.82, 2.24) is 4.90 Å². The molecule has 0 saturated carbocycles. The third kappa shape index (κ3) is 3.35.